The van der Waals surface area contributed by atoms with Crippen LogP contribution in [0.1, 0.15) is 26.2 Å². The fourth-order valence-electron chi connectivity index (χ4n) is 1.20. The molecule has 0 rings (SSSR count). The first-order chi connectivity index (χ1) is 7.31. The molecule has 0 aromatic rings. The van der Waals surface area contributed by atoms with Crippen LogP contribution in [0.4, 0.5) is 0 Å². The van der Waals surface area contributed by atoms with Crippen molar-refractivity contribution in [1.82, 2.24) is 5.32 Å². The number of rotatable bonds is 9. The van der Waals surface area contributed by atoms with Crippen LogP contribution in [-0.4, -0.2) is 38.3 Å². The van der Waals surface area contributed by atoms with Crippen LogP contribution >= 0.6 is 0 Å². The van der Waals surface area contributed by atoms with Gasteiger partial charge in [0.25, 0.3) is 0 Å². The molecule has 0 aliphatic heterocycles. The minimum Gasteiger partial charge on any atom is -0.481 e. The van der Waals surface area contributed by atoms with Crippen molar-refractivity contribution < 1.29 is 18.3 Å². The third-order valence-corrected chi connectivity index (χ3v) is 3.00. The summed E-state index contributed by atoms with van der Waals surface area (Å²) in [6.07, 6.45) is 1.66. The normalized spacial score (nSPS) is 13.6. The number of hydrogen-bond donors (Lipinski definition) is 3. The van der Waals surface area contributed by atoms with Gasteiger partial charge in [-0.3, -0.25) is 4.79 Å². The van der Waals surface area contributed by atoms with Crippen molar-refractivity contribution in [3.63, 3.8) is 0 Å². The standard InChI is InChI=1S/C9H20N2O4S/c1-8(2-3-9(12)13)4-5-11-6-7-16(10,14)15/h8,11H,2-7H2,1H3,(H,12,13)(H2,10,14,15). The number of primary sulfonamides is 1. The molecule has 6 nitrogen and oxygen atoms in total. The smallest absolute Gasteiger partial charge is 0.303 e. The van der Waals surface area contributed by atoms with Gasteiger partial charge in [-0.15, -0.1) is 0 Å². The van der Waals surface area contributed by atoms with E-state index in [1.807, 2.05) is 6.92 Å². The molecule has 0 heterocycles. The summed E-state index contributed by atoms with van der Waals surface area (Å²) in [5, 5.41) is 16.2. The number of sulfonamides is 1. The third kappa shape index (κ3) is 11.4. The molecule has 0 aromatic carbocycles. The van der Waals surface area contributed by atoms with Crippen LogP contribution in [0.25, 0.3) is 0 Å². The van der Waals surface area contributed by atoms with Crippen LogP contribution in [0.15, 0.2) is 0 Å². The van der Waals surface area contributed by atoms with E-state index in [0.29, 0.717) is 25.4 Å². The van der Waals surface area contributed by atoms with Crippen LogP contribution in [0.2, 0.25) is 0 Å². The Morgan fingerprint density at radius 2 is 2.00 bits per heavy atom. The van der Waals surface area contributed by atoms with Gasteiger partial charge in [0.2, 0.25) is 10.0 Å². The van der Waals surface area contributed by atoms with Gasteiger partial charge in [0, 0.05) is 13.0 Å². The van der Waals surface area contributed by atoms with E-state index in [9.17, 15) is 13.2 Å². The van der Waals surface area contributed by atoms with Crippen LogP contribution in [0.5, 0.6) is 0 Å². The summed E-state index contributed by atoms with van der Waals surface area (Å²) < 4.78 is 21.2. The molecule has 0 radical (unpaired) electrons. The maximum atomic E-state index is 10.6. The van der Waals surface area contributed by atoms with Crippen molar-refractivity contribution in [3.05, 3.63) is 0 Å². The Labute approximate surface area is 96.3 Å². The molecule has 0 saturated carbocycles. The molecule has 0 amide bonds. The number of nitrogens with one attached hydrogen (secondary N) is 1. The number of aliphatic carboxylic acids is 1. The Bertz CT molecular complexity index is 303. The van der Waals surface area contributed by atoms with Gasteiger partial charge in [-0.05, 0) is 25.3 Å². The Morgan fingerprint density at radius 1 is 1.38 bits per heavy atom. The molecule has 1 unspecified atom stereocenters. The first kappa shape index (κ1) is 15.3. The third-order valence-electron chi connectivity index (χ3n) is 2.23. The van der Waals surface area contributed by atoms with Gasteiger partial charge in [0.05, 0.1) is 5.75 Å². The molecule has 0 aliphatic rings. The summed E-state index contributed by atoms with van der Waals surface area (Å²) in [6, 6.07) is 0. The highest BCUT2D eigenvalue weighted by Crippen LogP contribution is 2.08. The predicted octanol–water partition coefficient (Wildman–Crippen LogP) is -0.244. The average molecular weight is 252 g/mol. The highest BCUT2D eigenvalue weighted by Gasteiger charge is 2.05. The number of hydrogen-bond acceptors (Lipinski definition) is 4. The van der Waals surface area contributed by atoms with E-state index >= 15 is 0 Å². The van der Waals surface area contributed by atoms with E-state index in [1.54, 1.807) is 0 Å². The average Bonchev–Trinajstić information content (AvgIpc) is 2.12. The van der Waals surface area contributed by atoms with Crippen molar-refractivity contribution in [3.8, 4) is 0 Å². The molecular weight excluding hydrogens is 232 g/mol. The van der Waals surface area contributed by atoms with Crippen molar-refractivity contribution in [2.75, 3.05) is 18.8 Å². The number of nitrogens with two attached hydrogens (primary N) is 1. The number of carboxylic acid groups (broad SMARTS) is 1. The zero-order valence-corrected chi connectivity index (χ0v) is 10.3. The molecule has 7 heteroatoms. The van der Waals surface area contributed by atoms with E-state index < -0.39 is 16.0 Å². The first-order valence-electron chi connectivity index (χ1n) is 5.24. The predicted molar refractivity (Wildman–Crippen MR) is 61.5 cm³/mol. The van der Waals surface area contributed by atoms with E-state index in [1.165, 1.54) is 0 Å². The van der Waals surface area contributed by atoms with Crippen molar-refractivity contribution >= 4 is 16.0 Å². The minimum atomic E-state index is -3.39. The van der Waals surface area contributed by atoms with Crippen molar-refractivity contribution in [2.24, 2.45) is 11.1 Å². The molecule has 16 heavy (non-hydrogen) atoms. The van der Waals surface area contributed by atoms with E-state index in [-0.39, 0.29) is 12.2 Å². The van der Waals surface area contributed by atoms with Gasteiger partial charge in [-0.1, -0.05) is 6.92 Å². The zero-order chi connectivity index (χ0) is 12.6. The fourth-order valence-corrected chi connectivity index (χ4v) is 1.63. The molecule has 96 valence electrons. The van der Waals surface area contributed by atoms with Gasteiger partial charge < -0.3 is 10.4 Å². The molecule has 0 bridgehead atoms. The van der Waals surface area contributed by atoms with Crippen molar-refractivity contribution in [2.45, 2.75) is 26.2 Å². The highest BCUT2D eigenvalue weighted by atomic mass is 32.2. The van der Waals surface area contributed by atoms with E-state index in [0.717, 1.165) is 6.42 Å². The monoisotopic (exact) mass is 252 g/mol. The summed E-state index contributed by atoms with van der Waals surface area (Å²) in [4.78, 5) is 10.3. The molecular formula is C9H20N2O4S. The molecule has 0 saturated heterocycles. The summed E-state index contributed by atoms with van der Waals surface area (Å²) in [6.45, 7) is 2.99. The Kier molecular flexibility index (Phi) is 7.27. The number of carboxylic acids is 1. The van der Waals surface area contributed by atoms with E-state index in [4.69, 9.17) is 10.2 Å². The first-order valence-corrected chi connectivity index (χ1v) is 6.96. The molecule has 0 aromatic heterocycles. The van der Waals surface area contributed by atoms with Crippen LogP contribution in [0.3, 0.4) is 0 Å². The lowest BCUT2D eigenvalue weighted by Crippen LogP contribution is -2.28. The summed E-state index contributed by atoms with van der Waals surface area (Å²) in [5.74, 6) is -0.539. The molecule has 1 atom stereocenters. The quantitative estimate of drug-likeness (QED) is 0.490. The SMILES string of the molecule is CC(CCNCCS(N)(=O)=O)CCC(=O)O. The van der Waals surface area contributed by atoms with Gasteiger partial charge in [0.15, 0.2) is 0 Å². The maximum absolute atomic E-state index is 10.6. The lowest BCUT2D eigenvalue weighted by Gasteiger charge is -2.10. The van der Waals surface area contributed by atoms with Gasteiger partial charge in [-0.2, -0.15) is 0 Å². The lowest BCUT2D eigenvalue weighted by molar-refractivity contribution is -0.137. The summed E-state index contributed by atoms with van der Waals surface area (Å²) in [5.41, 5.74) is 0. The van der Waals surface area contributed by atoms with Crippen LogP contribution in [-0.2, 0) is 14.8 Å². The Morgan fingerprint density at radius 3 is 2.50 bits per heavy atom. The fraction of sp³-hybridized carbons (Fsp3) is 0.889. The second-order valence-electron chi connectivity index (χ2n) is 3.94. The Hall–Kier alpha value is -0.660. The molecule has 4 N–H and O–H groups in total. The van der Waals surface area contributed by atoms with Gasteiger partial charge in [0.1, 0.15) is 0 Å². The second kappa shape index (κ2) is 7.59. The van der Waals surface area contributed by atoms with Gasteiger partial charge in [-0.25, -0.2) is 13.6 Å². The number of carbonyl (C=O) groups is 1. The van der Waals surface area contributed by atoms with Crippen LogP contribution < -0.4 is 10.5 Å². The lowest BCUT2D eigenvalue weighted by atomic mass is 10.0. The van der Waals surface area contributed by atoms with E-state index in [2.05, 4.69) is 5.32 Å². The zero-order valence-electron chi connectivity index (χ0n) is 9.48. The summed E-state index contributed by atoms with van der Waals surface area (Å²) in [7, 11) is -3.39. The van der Waals surface area contributed by atoms with Gasteiger partial charge >= 0.3 is 5.97 Å². The topological polar surface area (TPSA) is 109 Å². The molecule has 0 spiro atoms. The minimum absolute atomic E-state index is 0.0729. The van der Waals surface area contributed by atoms with Crippen molar-refractivity contribution in [1.29, 1.82) is 0 Å². The molecule has 0 fully saturated rings. The molecule has 0 aliphatic carbocycles. The highest BCUT2D eigenvalue weighted by molar-refractivity contribution is 7.89. The Balaban J connectivity index is 3.41. The van der Waals surface area contributed by atoms with Crippen LogP contribution in [0, 0.1) is 5.92 Å². The largest absolute Gasteiger partial charge is 0.481 e. The summed E-state index contributed by atoms with van der Waals surface area (Å²) >= 11 is 0. The maximum Gasteiger partial charge on any atom is 0.303 e. The second-order valence-corrected chi connectivity index (χ2v) is 5.68.